The maximum absolute atomic E-state index is 12.1. The van der Waals surface area contributed by atoms with E-state index in [1.54, 1.807) is 0 Å². The summed E-state index contributed by atoms with van der Waals surface area (Å²) < 4.78 is 2.22. The van der Waals surface area contributed by atoms with Gasteiger partial charge in [-0.1, -0.05) is 18.2 Å². The number of nitrogens with zero attached hydrogens (tertiary/aromatic N) is 3. The number of carbonyl (C=O) groups excluding carboxylic acids is 1. The molecular weight excluding hydrogens is 288 g/mol. The van der Waals surface area contributed by atoms with Crippen molar-refractivity contribution >= 4 is 11.6 Å². The summed E-state index contributed by atoms with van der Waals surface area (Å²) in [7, 11) is 0. The SMILES string of the molecule is Cc1nccn1CC1CCN(CC(=O)Nc2ccccc2)CC1. The second-order valence-corrected chi connectivity index (χ2v) is 6.26. The topological polar surface area (TPSA) is 50.2 Å². The Kier molecular flexibility index (Phi) is 5.08. The third-order valence-corrected chi connectivity index (χ3v) is 4.51. The van der Waals surface area contributed by atoms with Gasteiger partial charge in [0.2, 0.25) is 5.91 Å². The van der Waals surface area contributed by atoms with Crippen LogP contribution in [0.2, 0.25) is 0 Å². The van der Waals surface area contributed by atoms with E-state index in [4.69, 9.17) is 0 Å². The number of hydrogen-bond acceptors (Lipinski definition) is 3. The predicted molar refractivity (Wildman–Crippen MR) is 91.2 cm³/mol. The van der Waals surface area contributed by atoms with Gasteiger partial charge in [0.25, 0.3) is 0 Å². The minimum Gasteiger partial charge on any atom is -0.335 e. The van der Waals surface area contributed by atoms with Gasteiger partial charge in [-0.15, -0.1) is 0 Å². The molecular formula is C18H24N4O. The molecule has 1 aliphatic heterocycles. The van der Waals surface area contributed by atoms with Gasteiger partial charge in [-0.25, -0.2) is 4.98 Å². The van der Waals surface area contributed by atoms with Gasteiger partial charge in [0, 0.05) is 24.6 Å². The van der Waals surface area contributed by atoms with Gasteiger partial charge in [-0.3, -0.25) is 9.69 Å². The lowest BCUT2D eigenvalue weighted by molar-refractivity contribution is -0.117. The molecule has 1 amide bonds. The van der Waals surface area contributed by atoms with Gasteiger partial charge in [0.15, 0.2) is 0 Å². The number of rotatable bonds is 5. The predicted octanol–water partition coefficient (Wildman–Crippen LogP) is 2.54. The Balaban J connectivity index is 1.42. The summed E-state index contributed by atoms with van der Waals surface area (Å²) in [6.45, 7) is 5.53. The highest BCUT2D eigenvalue weighted by Crippen LogP contribution is 2.19. The van der Waals surface area contributed by atoms with Crippen molar-refractivity contribution in [1.82, 2.24) is 14.5 Å². The van der Waals surface area contributed by atoms with Crippen LogP contribution in [0, 0.1) is 12.8 Å². The zero-order valence-electron chi connectivity index (χ0n) is 13.6. The van der Waals surface area contributed by atoms with E-state index < -0.39 is 0 Å². The number of nitrogens with one attached hydrogen (secondary N) is 1. The smallest absolute Gasteiger partial charge is 0.238 e. The summed E-state index contributed by atoms with van der Waals surface area (Å²) in [4.78, 5) is 18.6. The fourth-order valence-electron chi connectivity index (χ4n) is 3.13. The van der Waals surface area contributed by atoms with Crippen LogP contribution in [0.5, 0.6) is 0 Å². The minimum atomic E-state index is 0.0695. The number of aryl methyl sites for hydroxylation is 1. The molecule has 1 fully saturated rings. The molecule has 5 heteroatoms. The first kappa shape index (κ1) is 15.7. The third kappa shape index (κ3) is 4.42. The number of benzene rings is 1. The molecule has 122 valence electrons. The van der Waals surface area contributed by atoms with Crippen LogP contribution in [0.25, 0.3) is 0 Å². The van der Waals surface area contributed by atoms with Crippen LogP contribution in [0.4, 0.5) is 5.69 Å². The van der Waals surface area contributed by atoms with Crippen LogP contribution < -0.4 is 5.32 Å². The molecule has 1 saturated heterocycles. The van der Waals surface area contributed by atoms with Crippen LogP contribution in [-0.2, 0) is 11.3 Å². The second kappa shape index (κ2) is 7.42. The number of amides is 1. The number of aromatic nitrogens is 2. The Hall–Kier alpha value is -2.14. The first-order chi connectivity index (χ1) is 11.2. The fraction of sp³-hybridized carbons (Fsp3) is 0.444. The summed E-state index contributed by atoms with van der Waals surface area (Å²) in [5.74, 6) is 1.83. The molecule has 1 aromatic heterocycles. The molecule has 1 aromatic carbocycles. The lowest BCUT2D eigenvalue weighted by atomic mass is 9.96. The third-order valence-electron chi connectivity index (χ3n) is 4.51. The van der Waals surface area contributed by atoms with E-state index in [2.05, 4.69) is 26.0 Å². The average Bonchev–Trinajstić information content (AvgIpc) is 2.95. The van der Waals surface area contributed by atoms with Gasteiger partial charge < -0.3 is 9.88 Å². The molecule has 0 radical (unpaired) electrons. The monoisotopic (exact) mass is 312 g/mol. The van der Waals surface area contributed by atoms with E-state index in [1.807, 2.05) is 43.5 Å². The van der Waals surface area contributed by atoms with E-state index >= 15 is 0 Å². The Morgan fingerprint density at radius 2 is 2.00 bits per heavy atom. The quantitative estimate of drug-likeness (QED) is 0.923. The van der Waals surface area contributed by atoms with E-state index in [0.717, 1.165) is 44.0 Å². The van der Waals surface area contributed by atoms with E-state index in [1.165, 1.54) is 0 Å². The van der Waals surface area contributed by atoms with Gasteiger partial charge in [0.05, 0.1) is 6.54 Å². The van der Waals surface area contributed by atoms with Crippen molar-refractivity contribution in [3.63, 3.8) is 0 Å². The Labute approximate surface area is 137 Å². The molecule has 0 aliphatic carbocycles. The van der Waals surface area contributed by atoms with Crippen LogP contribution in [-0.4, -0.2) is 40.0 Å². The van der Waals surface area contributed by atoms with Crippen LogP contribution in [0.15, 0.2) is 42.7 Å². The lowest BCUT2D eigenvalue weighted by Gasteiger charge is -2.31. The Morgan fingerprint density at radius 1 is 1.26 bits per heavy atom. The van der Waals surface area contributed by atoms with Crippen LogP contribution in [0.1, 0.15) is 18.7 Å². The molecule has 0 spiro atoms. The second-order valence-electron chi connectivity index (χ2n) is 6.26. The molecule has 0 unspecified atom stereocenters. The van der Waals surface area contributed by atoms with Crippen LogP contribution in [0.3, 0.4) is 0 Å². The Morgan fingerprint density at radius 3 is 2.65 bits per heavy atom. The van der Waals surface area contributed by atoms with E-state index in [-0.39, 0.29) is 5.91 Å². The van der Waals surface area contributed by atoms with Crippen LogP contribution >= 0.6 is 0 Å². The number of hydrogen-bond donors (Lipinski definition) is 1. The average molecular weight is 312 g/mol. The van der Waals surface area contributed by atoms with E-state index in [0.29, 0.717) is 12.5 Å². The van der Waals surface area contributed by atoms with E-state index in [9.17, 15) is 4.79 Å². The molecule has 5 nitrogen and oxygen atoms in total. The largest absolute Gasteiger partial charge is 0.335 e. The van der Waals surface area contributed by atoms with Gasteiger partial charge in [-0.2, -0.15) is 0 Å². The normalized spacial score (nSPS) is 16.4. The maximum Gasteiger partial charge on any atom is 0.238 e. The highest BCUT2D eigenvalue weighted by atomic mass is 16.2. The molecule has 2 aromatic rings. The van der Waals surface area contributed by atoms with Crippen molar-refractivity contribution < 1.29 is 4.79 Å². The van der Waals surface area contributed by atoms with Crippen molar-refractivity contribution in [2.45, 2.75) is 26.3 Å². The van der Waals surface area contributed by atoms with Crippen molar-refractivity contribution in [2.24, 2.45) is 5.92 Å². The molecule has 0 bridgehead atoms. The zero-order valence-corrected chi connectivity index (χ0v) is 13.6. The highest BCUT2D eigenvalue weighted by molar-refractivity contribution is 5.92. The number of anilines is 1. The van der Waals surface area contributed by atoms with Crippen molar-refractivity contribution in [1.29, 1.82) is 0 Å². The number of likely N-dealkylation sites (tertiary alicyclic amines) is 1. The summed E-state index contributed by atoms with van der Waals surface area (Å²) in [6, 6.07) is 9.63. The molecule has 2 heterocycles. The summed E-state index contributed by atoms with van der Waals surface area (Å²) in [5.41, 5.74) is 0.864. The van der Waals surface area contributed by atoms with Crippen molar-refractivity contribution in [3.05, 3.63) is 48.5 Å². The number of para-hydroxylation sites is 1. The highest BCUT2D eigenvalue weighted by Gasteiger charge is 2.21. The molecule has 1 aliphatic rings. The molecule has 23 heavy (non-hydrogen) atoms. The van der Waals surface area contributed by atoms with Gasteiger partial charge in [-0.05, 0) is 50.9 Å². The maximum atomic E-state index is 12.1. The zero-order chi connectivity index (χ0) is 16.1. The fourth-order valence-corrected chi connectivity index (χ4v) is 3.13. The standard InChI is InChI=1S/C18H24N4O/c1-15-19-9-12-22(15)13-16-7-10-21(11-8-16)14-18(23)20-17-5-3-2-4-6-17/h2-6,9,12,16H,7-8,10-11,13-14H2,1H3,(H,20,23). The Bertz CT molecular complexity index is 629. The lowest BCUT2D eigenvalue weighted by Crippen LogP contribution is -2.40. The molecule has 0 atom stereocenters. The van der Waals surface area contributed by atoms with Crippen molar-refractivity contribution in [3.8, 4) is 0 Å². The first-order valence-electron chi connectivity index (χ1n) is 8.25. The number of imidazole rings is 1. The summed E-state index contributed by atoms with van der Waals surface area (Å²) in [5, 5.41) is 2.95. The van der Waals surface area contributed by atoms with Crippen molar-refractivity contribution in [2.75, 3.05) is 25.0 Å². The number of piperidine rings is 1. The number of carbonyl (C=O) groups is 1. The van der Waals surface area contributed by atoms with Gasteiger partial charge in [0.1, 0.15) is 5.82 Å². The molecule has 0 saturated carbocycles. The van der Waals surface area contributed by atoms with Gasteiger partial charge >= 0.3 is 0 Å². The first-order valence-corrected chi connectivity index (χ1v) is 8.25. The minimum absolute atomic E-state index is 0.0695. The molecule has 3 rings (SSSR count). The summed E-state index contributed by atoms with van der Waals surface area (Å²) >= 11 is 0. The molecule has 1 N–H and O–H groups in total. The summed E-state index contributed by atoms with van der Waals surface area (Å²) in [6.07, 6.45) is 6.18.